The van der Waals surface area contributed by atoms with Crippen LogP contribution in [-0.2, 0) is 10.0 Å². The number of non-ortho nitro benzene ring substituents is 1. The molecule has 0 saturated heterocycles. The standard InChI is InChI=1S/C10H8N2O4S/c11-17(15,16)10-4-2-7-1-3-9(12(13)14)5-8(7)6-10/h1-6H,(H2,11,15,16). The number of nitrogens with two attached hydrogens (primary N) is 1. The van der Waals surface area contributed by atoms with Crippen molar-refractivity contribution in [1.29, 1.82) is 0 Å². The molecule has 2 aromatic rings. The van der Waals surface area contributed by atoms with E-state index in [4.69, 9.17) is 5.14 Å². The van der Waals surface area contributed by atoms with Gasteiger partial charge in [-0.05, 0) is 29.0 Å². The van der Waals surface area contributed by atoms with E-state index in [-0.39, 0.29) is 10.6 Å². The van der Waals surface area contributed by atoms with Crippen molar-refractivity contribution in [2.75, 3.05) is 0 Å². The van der Waals surface area contributed by atoms with E-state index in [1.165, 1.54) is 24.3 Å². The van der Waals surface area contributed by atoms with Gasteiger partial charge in [-0.15, -0.1) is 0 Å². The maximum Gasteiger partial charge on any atom is 0.270 e. The largest absolute Gasteiger partial charge is 0.270 e. The van der Waals surface area contributed by atoms with Gasteiger partial charge in [0.25, 0.3) is 5.69 Å². The number of hydrogen-bond acceptors (Lipinski definition) is 4. The Hall–Kier alpha value is -1.99. The monoisotopic (exact) mass is 252 g/mol. The molecule has 0 amide bonds. The molecule has 0 bridgehead atoms. The van der Waals surface area contributed by atoms with Crippen LogP contribution < -0.4 is 5.14 Å². The maximum absolute atomic E-state index is 11.1. The highest BCUT2D eigenvalue weighted by molar-refractivity contribution is 7.89. The van der Waals surface area contributed by atoms with Crippen LogP contribution >= 0.6 is 0 Å². The van der Waals surface area contributed by atoms with Crippen LogP contribution in [0.25, 0.3) is 10.8 Å². The lowest BCUT2D eigenvalue weighted by molar-refractivity contribution is -0.384. The van der Waals surface area contributed by atoms with Gasteiger partial charge in [0.15, 0.2) is 0 Å². The maximum atomic E-state index is 11.1. The van der Waals surface area contributed by atoms with E-state index in [0.29, 0.717) is 10.8 Å². The average Bonchev–Trinajstić information content (AvgIpc) is 2.26. The van der Waals surface area contributed by atoms with Gasteiger partial charge in [-0.2, -0.15) is 0 Å². The van der Waals surface area contributed by atoms with Gasteiger partial charge in [-0.1, -0.05) is 6.07 Å². The first-order chi connectivity index (χ1) is 7.88. The van der Waals surface area contributed by atoms with E-state index < -0.39 is 14.9 Å². The van der Waals surface area contributed by atoms with E-state index in [2.05, 4.69) is 0 Å². The topological polar surface area (TPSA) is 103 Å². The molecule has 0 spiro atoms. The number of sulfonamides is 1. The van der Waals surface area contributed by atoms with Gasteiger partial charge in [0, 0.05) is 12.1 Å². The predicted octanol–water partition coefficient (Wildman–Crippen LogP) is 1.40. The van der Waals surface area contributed by atoms with Gasteiger partial charge in [0.2, 0.25) is 10.0 Å². The number of nitro benzene ring substituents is 1. The van der Waals surface area contributed by atoms with Crippen LogP contribution in [0.4, 0.5) is 5.69 Å². The predicted molar refractivity (Wildman–Crippen MR) is 62.0 cm³/mol. The zero-order valence-corrected chi connectivity index (χ0v) is 9.35. The fourth-order valence-corrected chi connectivity index (χ4v) is 2.05. The Kier molecular flexibility index (Phi) is 2.56. The quantitative estimate of drug-likeness (QED) is 0.644. The highest BCUT2D eigenvalue weighted by atomic mass is 32.2. The Morgan fingerprint density at radius 1 is 1.06 bits per heavy atom. The first kappa shape index (κ1) is 11.5. The molecule has 2 rings (SSSR count). The second kappa shape index (κ2) is 3.79. The molecule has 0 atom stereocenters. The van der Waals surface area contributed by atoms with Crippen LogP contribution in [0.5, 0.6) is 0 Å². The number of benzene rings is 2. The summed E-state index contributed by atoms with van der Waals surface area (Å²) < 4.78 is 22.3. The highest BCUT2D eigenvalue weighted by Crippen LogP contribution is 2.23. The van der Waals surface area contributed by atoms with Crippen LogP contribution in [0, 0.1) is 10.1 Å². The molecule has 0 aromatic heterocycles. The summed E-state index contributed by atoms with van der Waals surface area (Å²) in [5.74, 6) is 0. The number of nitrogens with zero attached hydrogens (tertiary/aromatic N) is 1. The van der Waals surface area contributed by atoms with Gasteiger partial charge in [0.05, 0.1) is 9.82 Å². The van der Waals surface area contributed by atoms with Crippen LogP contribution in [0.2, 0.25) is 0 Å². The molecule has 0 radical (unpaired) electrons. The molecule has 0 aliphatic heterocycles. The van der Waals surface area contributed by atoms with E-state index >= 15 is 0 Å². The number of rotatable bonds is 2. The summed E-state index contributed by atoms with van der Waals surface area (Å²) in [7, 11) is -3.80. The van der Waals surface area contributed by atoms with E-state index in [1.807, 2.05) is 0 Å². The molecule has 17 heavy (non-hydrogen) atoms. The third-order valence-electron chi connectivity index (χ3n) is 2.33. The summed E-state index contributed by atoms with van der Waals surface area (Å²) in [6.07, 6.45) is 0. The van der Waals surface area contributed by atoms with Gasteiger partial charge in [0.1, 0.15) is 0 Å². The molecule has 0 fully saturated rings. The third-order valence-corrected chi connectivity index (χ3v) is 3.25. The summed E-state index contributed by atoms with van der Waals surface area (Å²) in [5.41, 5.74) is -0.0935. The lowest BCUT2D eigenvalue weighted by Crippen LogP contribution is -2.11. The molecule has 0 unspecified atom stereocenters. The molecular weight excluding hydrogens is 244 g/mol. The fraction of sp³-hybridized carbons (Fsp3) is 0. The summed E-state index contributed by atoms with van der Waals surface area (Å²) in [6, 6.07) is 8.46. The van der Waals surface area contributed by atoms with Crippen molar-refractivity contribution in [2.45, 2.75) is 4.90 Å². The summed E-state index contributed by atoms with van der Waals surface area (Å²) in [4.78, 5) is 9.99. The van der Waals surface area contributed by atoms with Crippen molar-refractivity contribution in [3.63, 3.8) is 0 Å². The minimum absolute atomic E-state index is 0.0644. The fourth-order valence-electron chi connectivity index (χ4n) is 1.50. The summed E-state index contributed by atoms with van der Waals surface area (Å²) in [5, 5.41) is 16.7. The van der Waals surface area contributed by atoms with Crippen molar-refractivity contribution < 1.29 is 13.3 Å². The van der Waals surface area contributed by atoms with Crippen LogP contribution in [0.1, 0.15) is 0 Å². The van der Waals surface area contributed by atoms with Crippen molar-refractivity contribution in [2.24, 2.45) is 5.14 Å². The third kappa shape index (κ3) is 2.24. The second-order valence-corrected chi connectivity index (χ2v) is 5.06. The molecular formula is C10H8N2O4S. The van der Waals surface area contributed by atoms with Gasteiger partial charge in [-0.25, -0.2) is 13.6 Å². The molecule has 0 heterocycles. The lowest BCUT2D eigenvalue weighted by Gasteiger charge is -2.01. The Bertz CT molecular complexity index is 709. The SMILES string of the molecule is NS(=O)(=O)c1ccc2ccc([N+](=O)[O-])cc2c1. The summed E-state index contributed by atoms with van der Waals surface area (Å²) >= 11 is 0. The number of hydrogen-bond donors (Lipinski definition) is 1. The average molecular weight is 252 g/mol. The number of fused-ring (bicyclic) bond motifs is 1. The smallest absolute Gasteiger partial charge is 0.258 e. The highest BCUT2D eigenvalue weighted by Gasteiger charge is 2.10. The Balaban J connectivity index is 2.71. The van der Waals surface area contributed by atoms with Crippen molar-refractivity contribution in [3.05, 3.63) is 46.5 Å². The molecule has 0 aliphatic carbocycles. The van der Waals surface area contributed by atoms with Crippen molar-refractivity contribution in [3.8, 4) is 0 Å². The minimum Gasteiger partial charge on any atom is -0.258 e. The number of nitro groups is 1. The molecule has 0 saturated carbocycles. The van der Waals surface area contributed by atoms with Crippen LogP contribution in [0.15, 0.2) is 41.3 Å². The van der Waals surface area contributed by atoms with E-state index in [9.17, 15) is 18.5 Å². The molecule has 6 nitrogen and oxygen atoms in total. The van der Waals surface area contributed by atoms with E-state index in [1.54, 1.807) is 12.1 Å². The molecule has 0 aliphatic rings. The van der Waals surface area contributed by atoms with Crippen LogP contribution in [-0.4, -0.2) is 13.3 Å². The first-order valence-electron chi connectivity index (χ1n) is 4.59. The van der Waals surface area contributed by atoms with Gasteiger partial charge in [-0.3, -0.25) is 10.1 Å². The molecule has 88 valence electrons. The van der Waals surface area contributed by atoms with Crippen molar-refractivity contribution in [1.82, 2.24) is 0 Å². The Morgan fingerprint density at radius 3 is 2.29 bits per heavy atom. The second-order valence-electron chi connectivity index (χ2n) is 3.50. The Labute approximate surface area is 96.9 Å². The zero-order valence-electron chi connectivity index (χ0n) is 8.53. The normalized spacial score (nSPS) is 11.6. The van der Waals surface area contributed by atoms with Crippen LogP contribution in [0.3, 0.4) is 0 Å². The lowest BCUT2D eigenvalue weighted by atomic mass is 10.1. The minimum atomic E-state index is -3.80. The number of primary sulfonamides is 1. The zero-order chi connectivity index (χ0) is 12.6. The van der Waals surface area contributed by atoms with Gasteiger partial charge >= 0.3 is 0 Å². The summed E-state index contributed by atoms with van der Waals surface area (Å²) in [6.45, 7) is 0. The molecule has 7 heteroatoms. The Morgan fingerprint density at radius 2 is 1.71 bits per heavy atom. The first-order valence-corrected chi connectivity index (χ1v) is 6.13. The van der Waals surface area contributed by atoms with Gasteiger partial charge < -0.3 is 0 Å². The van der Waals surface area contributed by atoms with E-state index in [0.717, 1.165) is 0 Å². The molecule has 2 aromatic carbocycles. The van der Waals surface area contributed by atoms with Crippen molar-refractivity contribution >= 4 is 26.5 Å². The molecule has 2 N–H and O–H groups in total.